The van der Waals surface area contributed by atoms with Crippen molar-refractivity contribution in [3.8, 4) is 5.75 Å². The zero-order chi connectivity index (χ0) is 16.9. The van der Waals surface area contributed by atoms with Crippen molar-refractivity contribution < 1.29 is 13.9 Å². The molecular formula is C19H17FN2O2. The van der Waals surface area contributed by atoms with Crippen LogP contribution in [0.1, 0.15) is 23.7 Å². The van der Waals surface area contributed by atoms with E-state index in [1.807, 2.05) is 13.0 Å². The SMILES string of the molecule is CCCOc1ccc(NC(=O)c2ccccc2F)c2cccnc12. The average Bonchev–Trinajstić information content (AvgIpc) is 2.61. The predicted molar refractivity (Wildman–Crippen MR) is 91.9 cm³/mol. The third-order valence-corrected chi connectivity index (χ3v) is 3.56. The quantitative estimate of drug-likeness (QED) is 0.756. The number of amides is 1. The summed E-state index contributed by atoms with van der Waals surface area (Å²) < 4.78 is 19.5. The molecule has 3 aromatic rings. The summed E-state index contributed by atoms with van der Waals surface area (Å²) in [4.78, 5) is 16.7. The van der Waals surface area contributed by atoms with E-state index in [1.165, 1.54) is 12.1 Å². The van der Waals surface area contributed by atoms with Gasteiger partial charge in [0.2, 0.25) is 0 Å². The van der Waals surface area contributed by atoms with E-state index in [-0.39, 0.29) is 5.56 Å². The van der Waals surface area contributed by atoms with Crippen LogP contribution < -0.4 is 10.1 Å². The van der Waals surface area contributed by atoms with E-state index in [9.17, 15) is 9.18 Å². The second-order valence-corrected chi connectivity index (χ2v) is 5.29. The maximum Gasteiger partial charge on any atom is 0.258 e. The Balaban J connectivity index is 1.96. The Morgan fingerprint density at radius 3 is 2.79 bits per heavy atom. The molecule has 0 spiro atoms. The molecule has 2 aromatic carbocycles. The van der Waals surface area contributed by atoms with Gasteiger partial charge in [0.15, 0.2) is 0 Å². The van der Waals surface area contributed by atoms with Crippen LogP contribution in [0.2, 0.25) is 0 Å². The summed E-state index contributed by atoms with van der Waals surface area (Å²) in [6.07, 6.45) is 2.56. The van der Waals surface area contributed by atoms with Gasteiger partial charge in [-0.05, 0) is 42.8 Å². The molecule has 0 saturated heterocycles. The van der Waals surface area contributed by atoms with Crippen LogP contribution in [0.4, 0.5) is 10.1 Å². The lowest BCUT2D eigenvalue weighted by Crippen LogP contribution is -2.14. The van der Waals surface area contributed by atoms with Crippen LogP contribution in [0.15, 0.2) is 54.7 Å². The number of hydrogen-bond acceptors (Lipinski definition) is 3. The summed E-state index contributed by atoms with van der Waals surface area (Å²) in [6.45, 7) is 2.62. The Morgan fingerprint density at radius 2 is 2.00 bits per heavy atom. The normalized spacial score (nSPS) is 10.6. The molecule has 1 N–H and O–H groups in total. The number of anilines is 1. The molecule has 24 heavy (non-hydrogen) atoms. The number of nitrogens with one attached hydrogen (secondary N) is 1. The highest BCUT2D eigenvalue weighted by molar-refractivity contribution is 6.09. The molecule has 0 atom stereocenters. The first-order valence-corrected chi connectivity index (χ1v) is 7.77. The first kappa shape index (κ1) is 15.9. The van der Waals surface area contributed by atoms with Crippen molar-refractivity contribution in [3.05, 3.63) is 66.1 Å². The summed E-state index contributed by atoms with van der Waals surface area (Å²) in [7, 11) is 0. The lowest BCUT2D eigenvalue weighted by molar-refractivity contribution is 0.102. The highest BCUT2D eigenvalue weighted by atomic mass is 19.1. The second kappa shape index (κ2) is 7.08. The van der Waals surface area contributed by atoms with Crippen molar-refractivity contribution in [2.75, 3.05) is 11.9 Å². The first-order valence-electron chi connectivity index (χ1n) is 7.77. The number of aromatic nitrogens is 1. The molecule has 0 aliphatic heterocycles. The van der Waals surface area contributed by atoms with E-state index in [0.29, 0.717) is 23.6 Å². The van der Waals surface area contributed by atoms with Gasteiger partial charge in [0.1, 0.15) is 17.1 Å². The average molecular weight is 324 g/mol. The summed E-state index contributed by atoms with van der Waals surface area (Å²) in [5.74, 6) is -0.392. The van der Waals surface area contributed by atoms with E-state index in [2.05, 4.69) is 10.3 Å². The van der Waals surface area contributed by atoms with Gasteiger partial charge in [-0.3, -0.25) is 9.78 Å². The van der Waals surface area contributed by atoms with Crippen LogP contribution >= 0.6 is 0 Å². The summed E-state index contributed by atoms with van der Waals surface area (Å²) in [5.41, 5.74) is 1.23. The smallest absolute Gasteiger partial charge is 0.258 e. The molecule has 0 bridgehead atoms. The fourth-order valence-corrected chi connectivity index (χ4v) is 2.42. The van der Waals surface area contributed by atoms with Crippen molar-refractivity contribution in [2.45, 2.75) is 13.3 Å². The topological polar surface area (TPSA) is 51.2 Å². The van der Waals surface area contributed by atoms with Crippen LogP contribution in [-0.4, -0.2) is 17.5 Å². The molecule has 0 unspecified atom stereocenters. The van der Waals surface area contributed by atoms with E-state index in [4.69, 9.17) is 4.74 Å². The van der Waals surface area contributed by atoms with Crippen molar-refractivity contribution in [3.63, 3.8) is 0 Å². The molecule has 0 aliphatic carbocycles. The van der Waals surface area contributed by atoms with Crippen molar-refractivity contribution in [2.24, 2.45) is 0 Å². The molecule has 122 valence electrons. The van der Waals surface area contributed by atoms with Crippen LogP contribution in [-0.2, 0) is 0 Å². The Morgan fingerprint density at radius 1 is 1.17 bits per heavy atom. The molecule has 0 radical (unpaired) electrons. The fraction of sp³-hybridized carbons (Fsp3) is 0.158. The third kappa shape index (κ3) is 3.20. The lowest BCUT2D eigenvalue weighted by atomic mass is 10.1. The Labute approximate surface area is 139 Å². The van der Waals surface area contributed by atoms with E-state index in [1.54, 1.807) is 36.5 Å². The minimum atomic E-state index is -0.555. The van der Waals surface area contributed by atoms with Gasteiger partial charge in [-0.1, -0.05) is 19.1 Å². The van der Waals surface area contributed by atoms with Crippen LogP contribution in [0.3, 0.4) is 0 Å². The third-order valence-electron chi connectivity index (χ3n) is 3.56. The first-order chi connectivity index (χ1) is 11.7. The minimum Gasteiger partial charge on any atom is -0.491 e. The number of benzene rings is 2. The highest BCUT2D eigenvalue weighted by Gasteiger charge is 2.14. The van der Waals surface area contributed by atoms with Gasteiger partial charge in [-0.15, -0.1) is 0 Å². The minimum absolute atomic E-state index is 0.000787. The maximum atomic E-state index is 13.8. The Bertz CT molecular complexity index is 880. The largest absolute Gasteiger partial charge is 0.491 e. The number of carbonyl (C=O) groups excluding carboxylic acids is 1. The number of hydrogen-bond donors (Lipinski definition) is 1. The molecule has 0 fully saturated rings. The molecule has 1 aromatic heterocycles. The van der Waals surface area contributed by atoms with Gasteiger partial charge >= 0.3 is 0 Å². The molecule has 3 rings (SSSR count). The molecule has 4 nitrogen and oxygen atoms in total. The number of ether oxygens (including phenoxy) is 1. The van der Waals surface area contributed by atoms with E-state index < -0.39 is 11.7 Å². The zero-order valence-corrected chi connectivity index (χ0v) is 13.3. The number of halogens is 1. The molecule has 5 heteroatoms. The Kier molecular flexibility index (Phi) is 4.70. The monoisotopic (exact) mass is 324 g/mol. The highest BCUT2D eigenvalue weighted by Crippen LogP contribution is 2.30. The fourth-order valence-electron chi connectivity index (χ4n) is 2.42. The Hall–Kier alpha value is -2.95. The molecule has 1 heterocycles. The molecule has 1 amide bonds. The van der Waals surface area contributed by atoms with Crippen LogP contribution in [0, 0.1) is 5.82 Å². The van der Waals surface area contributed by atoms with Crippen molar-refractivity contribution >= 4 is 22.5 Å². The van der Waals surface area contributed by atoms with Gasteiger partial charge in [0, 0.05) is 11.6 Å². The number of nitrogens with zero attached hydrogens (tertiary/aromatic N) is 1. The molecule has 0 saturated carbocycles. The summed E-state index contributed by atoms with van der Waals surface area (Å²) >= 11 is 0. The zero-order valence-electron chi connectivity index (χ0n) is 13.3. The van der Waals surface area contributed by atoms with Crippen LogP contribution in [0.5, 0.6) is 5.75 Å². The summed E-state index contributed by atoms with van der Waals surface area (Å²) in [6, 6.07) is 13.0. The number of carbonyl (C=O) groups is 1. The molecular weight excluding hydrogens is 307 g/mol. The standard InChI is InChI=1S/C19H17FN2O2/c1-2-12-24-17-10-9-16(14-7-5-11-21-18(14)17)22-19(23)13-6-3-4-8-15(13)20/h3-11H,2,12H2,1H3,(H,22,23). The second-order valence-electron chi connectivity index (χ2n) is 5.29. The van der Waals surface area contributed by atoms with Gasteiger partial charge < -0.3 is 10.1 Å². The van der Waals surface area contributed by atoms with E-state index >= 15 is 0 Å². The summed E-state index contributed by atoms with van der Waals surface area (Å²) in [5, 5.41) is 3.50. The number of fused-ring (bicyclic) bond motifs is 1. The maximum absolute atomic E-state index is 13.8. The van der Waals surface area contributed by atoms with Crippen LogP contribution in [0.25, 0.3) is 10.9 Å². The van der Waals surface area contributed by atoms with Crippen molar-refractivity contribution in [1.82, 2.24) is 4.98 Å². The van der Waals surface area contributed by atoms with Gasteiger partial charge in [0.05, 0.1) is 17.9 Å². The lowest BCUT2D eigenvalue weighted by Gasteiger charge is -2.12. The number of rotatable bonds is 5. The molecule has 0 aliphatic rings. The predicted octanol–water partition coefficient (Wildman–Crippen LogP) is 4.42. The van der Waals surface area contributed by atoms with Gasteiger partial charge in [0.25, 0.3) is 5.91 Å². The number of pyridine rings is 1. The van der Waals surface area contributed by atoms with E-state index in [0.717, 1.165) is 11.8 Å². The van der Waals surface area contributed by atoms with Crippen molar-refractivity contribution in [1.29, 1.82) is 0 Å². The van der Waals surface area contributed by atoms with Gasteiger partial charge in [-0.25, -0.2) is 4.39 Å². The van der Waals surface area contributed by atoms with Gasteiger partial charge in [-0.2, -0.15) is 0 Å².